The van der Waals surface area contributed by atoms with Gasteiger partial charge in [0.2, 0.25) is 0 Å². The zero-order chi connectivity index (χ0) is 31.4. The Morgan fingerprint density at radius 3 is 2.27 bits per heavy atom. The molecule has 0 unspecified atom stereocenters. The number of hydrazone groups is 1. The third-order valence-corrected chi connectivity index (χ3v) is 9.50. The van der Waals surface area contributed by atoms with Crippen LogP contribution in [0.25, 0.3) is 6.08 Å². The number of fused-ring (bicyclic) bond motifs is 2. The van der Waals surface area contributed by atoms with E-state index < -0.39 is 23.9 Å². The highest BCUT2D eigenvalue weighted by molar-refractivity contribution is 6.31. The molecule has 2 fully saturated rings. The fourth-order valence-corrected chi connectivity index (χ4v) is 7.16. The van der Waals surface area contributed by atoms with Crippen LogP contribution in [0, 0.1) is 19.8 Å². The highest BCUT2D eigenvalue weighted by Crippen LogP contribution is 2.45. The molecule has 1 aliphatic carbocycles. The first kappa shape index (κ1) is 29.4. The average Bonchev–Trinajstić information content (AvgIpc) is 3.69. The number of hydrogen-bond acceptors (Lipinski definition) is 7. The van der Waals surface area contributed by atoms with E-state index in [4.69, 9.17) is 28.3 Å². The molecule has 11 heteroatoms. The topological polar surface area (TPSA) is 98.0 Å². The van der Waals surface area contributed by atoms with E-state index in [0.717, 1.165) is 52.8 Å². The molecule has 0 bridgehead atoms. The summed E-state index contributed by atoms with van der Waals surface area (Å²) >= 11 is 12.3. The number of anilines is 1. The molecule has 0 spiro atoms. The molecule has 3 amide bonds. The summed E-state index contributed by atoms with van der Waals surface area (Å²) in [6.45, 7) is 3.46. The smallest absolute Gasteiger partial charge is 0.264 e. The lowest BCUT2D eigenvalue weighted by atomic mass is 9.77. The minimum Gasteiger partial charge on any atom is -0.271 e. The monoisotopic (exact) mass is 640 g/mol. The SMILES string of the molecule is Cc1cccc(C)c1N1C(=O)[C@@H]2N=NN(CC(=O)N3N=C4/C(=C/c5ccc(Cl)cc5)CCC[C@H]4[C@H]3c3ccc(Cl)cc3)[C@H]2C1=O. The van der Waals surface area contributed by atoms with Gasteiger partial charge in [0, 0.05) is 16.0 Å². The van der Waals surface area contributed by atoms with Crippen LogP contribution in [0.4, 0.5) is 5.69 Å². The number of rotatable bonds is 5. The molecule has 3 aromatic rings. The normalized spacial score (nSPS) is 24.8. The molecule has 3 heterocycles. The van der Waals surface area contributed by atoms with Gasteiger partial charge in [-0.25, -0.2) is 9.91 Å². The number of amides is 3. The fraction of sp³-hybridized carbons (Fsp3) is 0.294. The van der Waals surface area contributed by atoms with E-state index in [9.17, 15) is 14.4 Å². The summed E-state index contributed by atoms with van der Waals surface area (Å²) in [5.74, 6) is -1.24. The lowest BCUT2D eigenvalue weighted by Gasteiger charge is -2.30. The van der Waals surface area contributed by atoms with E-state index in [2.05, 4.69) is 16.4 Å². The van der Waals surface area contributed by atoms with Gasteiger partial charge in [-0.3, -0.25) is 19.4 Å². The van der Waals surface area contributed by atoms with E-state index >= 15 is 0 Å². The molecular weight excluding hydrogens is 611 g/mol. The molecule has 0 aromatic heterocycles. The maximum Gasteiger partial charge on any atom is 0.264 e. The first-order valence-electron chi connectivity index (χ1n) is 15.0. The third kappa shape index (κ3) is 5.14. The minimum atomic E-state index is -1.00. The van der Waals surface area contributed by atoms with E-state index in [-0.39, 0.29) is 24.4 Å². The van der Waals surface area contributed by atoms with Gasteiger partial charge in [0.15, 0.2) is 12.1 Å². The van der Waals surface area contributed by atoms with Gasteiger partial charge >= 0.3 is 0 Å². The van der Waals surface area contributed by atoms with Gasteiger partial charge in [-0.2, -0.15) is 10.2 Å². The van der Waals surface area contributed by atoms with Crippen molar-refractivity contribution >= 4 is 58.4 Å². The third-order valence-electron chi connectivity index (χ3n) is 9.00. The van der Waals surface area contributed by atoms with Gasteiger partial charge in [-0.05, 0) is 91.3 Å². The van der Waals surface area contributed by atoms with E-state index in [1.807, 2.05) is 80.6 Å². The summed E-state index contributed by atoms with van der Waals surface area (Å²) in [6.07, 6.45) is 4.75. The van der Waals surface area contributed by atoms with Gasteiger partial charge in [0.1, 0.15) is 6.54 Å². The summed E-state index contributed by atoms with van der Waals surface area (Å²) < 4.78 is 0. The molecule has 3 aromatic carbocycles. The van der Waals surface area contributed by atoms with Crippen LogP contribution >= 0.6 is 23.2 Å². The molecule has 9 nitrogen and oxygen atoms in total. The molecule has 4 atom stereocenters. The van der Waals surface area contributed by atoms with E-state index in [0.29, 0.717) is 15.7 Å². The predicted molar refractivity (Wildman–Crippen MR) is 173 cm³/mol. The number of hydrogen-bond donors (Lipinski definition) is 0. The van der Waals surface area contributed by atoms with Crippen LogP contribution in [-0.4, -0.2) is 52.1 Å². The fourth-order valence-electron chi connectivity index (χ4n) is 6.90. The Hall–Kier alpha value is -4.34. The van der Waals surface area contributed by atoms with Crippen LogP contribution < -0.4 is 4.90 Å². The van der Waals surface area contributed by atoms with Gasteiger partial charge in [-0.15, -0.1) is 0 Å². The Morgan fingerprint density at radius 2 is 1.58 bits per heavy atom. The van der Waals surface area contributed by atoms with Crippen molar-refractivity contribution < 1.29 is 14.4 Å². The van der Waals surface area contributed by atoms with Crippen LogP contribution in [0.2, 0.25) is 10.0 Å². The van der Waals surface area contributed by atoms with Crippen molar-refractivity contribution in [1.82, 2.24) is 10.0 Å². The molecule has 7 rings (SSSR count). The Labute approximate surface area is 270 Å². The maximum absolute atomic E-state index is 14.1. The predicted octanol–water partition coefficient (Wildman–Crippen LogP) is 6.73. The van der Waals surface area contributed by atoms with Crippen LogP contribution in [0.5, 0.6) is 0 Å². The van der Waals surface area contributed by atoms with Gasteiger partial charge < -0.3 is 0 Å². The number of nitrogens with zero attached hydrogens (tertiary/aromatic N) is 6. The standard InChI is InChI=1S/C34H30Cl2N6O3/c1-19-5-3-6-20(2)30(19)41-33(44)29-32(34(41)45)40(39-37-29)18-27(43)42-31(22-11-15-25(36)16-12-22)26-8-4-7-23(28(26)38-42)17-21-9-13-24(35)14-10-21/h3,5-6,9-17,26,29,31-32H,4,7-8,18H2,1-2H3/b23-17+/t26-,29-,31-,32-/m1/s1. The van der Waals surface area contributed by atoms with E-state index in [1.165, 1.54) is 14.9 Å². The molecule has 0 N–H and O–H groups in total. The van der Waals surface area contributed by atoms with Crippen LogP contribution in [-0.2, 0) is 14.4 Å². The number of halogens is 2. The summed E-state index contributed by atoms with van der Waals surface area (Å²) in [7, 11) is 0. The number of imide groups is 1. The van der Waals surface area contributed by atoms with Gasteiger partial charge in [0.05, 0.1) is 17.4 Å². The summed E-state index contributed by atoms with van der Waals surface area (Å²) in [6, 6.07) is 18.4. The van der Waals surface area contributed by atoms with Crippen molar-refractivity contribution in [3.8, 4) is 0 Å². The van der Waals surface area contributed by atoms with Crippen molar-refractivity contribution in [3.05, 3.63) is 105 Å². The summed E-state index contributed by atoms with van der Waals surface area (Å²) in [5.41, 5.74) is 6.04. The Morgan fingerprint density at radius 1 is 0.911 bits per heavy atom. The van der Waals surface area contributed by atoms with Gasteiger partial charge in [0.25, 0.3) is 17.7 Å². The first-order valence-corrected chi connectivity index (χ1v) is 15.7. The van der Waals surface area contributed by atoms with E-state index in [1.54, 1.807) is 0 Å². The summed E-state index contributed by atoms with van der Waals surface area (Å²) in [5, 5.41) is 17.4. The number of aryl methyl sites for hydroxylation is 2. The number of allylic oxidation sites excluding steroid dienone is 1. The Bertz CT molecular complexity index is 1780. The average molecular weight is 642 g/mol. The highest BCUT2D eigenvalue weighted by atomic mass is 35.5. The van der Waals surface area contributed by atoms with Crippen molar-refractivity contribution in [1.29, 1.82) is 0 Å². The van der Waals surface area contributed by atoms with Crippen molar-refractivity contribution in [3.63, 3.8) is 0 Å². The quantitative estimate of drug-likeness (QED) is 0.289. The minimum absolute atomic E-state index is 0.0235. The first-order chi connectivity index (χ1) is 21.7. The largest absolute Gasteiger partial charge is 0.271 e. The molecule has 228 valence electrons. The number of para-hydroxylation sites is 1. The zero-order valence-corrected chi connectivity index (χ0v) is 26.2. The molecule has 4 aliphatic rings. The second-order valence-corrected chi connectivity index (χ2v) is 12.8. The Kier molecular flexibility index (Phi) is 7.54. The number of carbonyl (C=O) groups excluding carboxylic acids is 3. The van der Waals surface area contributed by atoms with Crippen molar-refractivity contribution in [2.45, 2.75) is 51.2 Å². The highest BCUT2D eigenvalue weighted by Gasteiger charge is 2.56. The lowest BCUT2D eigenvalue weighted by Crippen LogP contribution is -2.45. The van der Waals surface area contributed by atoms with Crippen LogP contribution in [0.3, 0.4) is 0 Å². The second kappa shape index (κ2) is 11.5. The Balaban J connectivity index is 1.19. The molecular formula is C34H30Cl2N6O3. The number of carbonyl (C=O) groups is 3. The van der Waals surface area contributed by atoms with Crippen LogP contribution in [0.1, 0.15) is 47.6 Å². The molecule has 1 saturated carbocycles. The zero-order valence-electron chi connectivity index (χ0n) is 24.7. The lowest BCUT2D eigenvalue weighted by molar-refractivity contribution is -0.136. The van der Waals surface area contributed by atoms with Crippen LogP contribution in [0.15, 0.2) is 87.7 Å². The number of benzene rings is 3. The molecule has 0 radical (unpaired) electrons. The van der Waals surface area contributed by atoms with Crippen molar-refractivity contribution in [2.24, 2.45) is 21.4 Å². The molecule has 45 heavy (non-hydrogen) atoms. The van der Waals surface area contributed by atoms with Gasteiger partial charge in [-0.1, -0.05) is 70.9 Å². The molecule has 3 aliphatic heterocycles. The maximum atomic E-state index is 14.1. The summed E-state index contributed by atoms with van der Waals surface area (Å²) in [4.78, 5) is 42.5. The molecule has 1 saturated heterocycles. The van der Waals surface area contributed by atoms with Crippen molar-refractivity contribution in [2.75, 3.05) is 11.4 Å². The second-order valence-electron chi connectivity index (χ2n) is 11.9.